The van der Waals surface area contributed by atoms with Gasteiger partial charge in [-0.1, -0.05) is 23.7 Å². The second-order valence-electron chi connectivity index (χ2n) is 5.84. The third-order valence-corrected chi connectivity index (χ3v) is 4.16. The predicted octanol–water partition coefficient (Wildman–Crippen LogP) is 3.08. The third-order valence-electron chi connectivity index (χ3n) is 3.91. The van der Waals surface area contributed by atoms with E-state index in [2.05, 4.69) is 15.6 Å². The summed E-state index contributed by atoms with van der Waals surface area (Å²) in [5.74, 6) is 0.968. The van der Waals surface area contributed by atoms with Gasteiger partial charge in [-0.15, -0.1) is 0 Å². The molecule has 1 aliphatic rings. The maximum Gasteiger partial charge on any atom is 0.291 e. The molecule has 0 bridgehead atoms. The number of nitrogens with one attached hydrogen (secondary N) is 1. The lowest BCUT2D eigenvalue weighted by molar-refractivity contribution is 0.0949. The Kier molecular flexibility index (Phi) is 4.76. The fourth-order valence-electron chi connectivity index (χ4n) is 2.56. The van der Waals surface area contributed by atoms with Crippen LogP contribution in [-0.2, 0) is 6.54 Å². The molecule has 1 N–H and O–H groups in total. The Morgan fingerprint density at radius 3 is 2.85 bits per heavy atom. The van der Waals surface area contributed by atoms with Crippen molar-refractivity contribution in [2.45, 2.75) is 6.54 Å². The van der Waals surface area contributed by atoms with E-state index >= 15 is 0 Å². The minimum absolute atomic E-state index is 0.214. The van der Waals surface area contributed by atoms with E-state index in [-0.39, 0.29) is 18.4 Å². The Balaban J connectivity index is 1.36. The summed E-state index contributed by atoms with van der Waals surface area (Å²) >= 11 is 5.88. The van der Waals surface area contributed by atoms with Crippen molar-refractivity contribution in [1.29, 1.82) is 0 Å². The molecule has 0 spiro atoms. The second-order valence-corrected chi connectivity index (χ2v) is 6.27. The predicted molar refractivity (Wildman–Crippen MR) is 100 cm³/mol. The van der Waals surface area contributed by atoms with E-state index in [1.54, 1.807) is 29.1 Å². The van der Waals surface area contributed by atoms with Crippen molar-refractivity contribution < 1.29 is 14.3 Å². The Labute approximate surface area is 160 Å². The molecule has 1 amide bonds. The van der Waals surface area contributed by atoms with Crippen LogP contribution in [0, 0.1) is 0 Å². The summed E-state index contributed by atoms with van der Waals surface area (Å²) in [7, 11) is 0. The normalized spacial score (nSPS) is 12.5. The maximum atomic E-state index is 12.2. The molecule has 8 heteroatoms. The van der Waals surface area contributed by atoms with Crippen LogP contribution in [0.5, 0.6) is 11.5 Å². The fraction of sp³-hybridized carbons (Fsp3) is 0.105. The highest BCUT2D eigenvalue weighted by Crippen LogP contribution is 2.31. The molecule has 136 valence electrons. The quantitative estimate of drug-likeness (QED) is 0.543. The highest BCUT2D eigenvalue weighted by Gasteiger charge is 2.13. The molecule has 0 saturated carbocycles. The third kappa shape index (κ3) is 4.09. The zero-order valence-electron chi connectivity index (χ0n) is 14.1. The van der Waals surface area contributed by atoms with Gasteiger partial charge in [0.1, 0.15) is 0 Å². The van der Waals surface area contributed by atoms with Crippen molar-refractivity contribution in [1.82, 2.24) is 15.2 Å². The molecule has 7 nitrogen and oxygen atoms in total. The van der Waals surface area contributed by atoms with Crippen LogP contribution in [0.2, 0.25) is 5.02 Å². The number of amides is 1. The number of halogens is 1. The van der Waals surface area contributed by atoms with Gasteiger partial charge in [0, 0.05) is 11.2 Å². The molecule has 0 fully saturated rings. The molecular weight excluding hydrogens is 368 g/mol. The number of rotatable bonds is 5. The lowest BCUT2D eigenvalue weighted by Gasteiger charge is -2.02. The minimum atomic E-state index is -0.387. The van der Waals surface area contributed by atoms with Crippen molar-refractivity contribution in [2.24, 2.45) is 5.10 Å². The average Bonchev–Trinajstić information content (AvgIpc) is 3.32. The molecule has 0 saturated heterocycles. The molecule has 0 radical (unpaired) electrons. The van der Waals surface area contributed by atoms with E-state index in [0.717, 1.165) is 11.1 Å². The number of fused-ring (bicyclic) bond motifs is 1. The van der Waals surface area contributed by atoms with Crippen molar-refractivity contribution in [3.05, 3.63) is 76.6 Å². The Bertz CT molecular complexity index is 998. The molecule has 2 heterocycles. The summed E-state index contributed by atoms with van der Waals surface area (Å²) in [6.07, 6.45) is 3.27. The van der Waals surface area contributed by atoms with Gasteiger partial charge >= 0.3 is 0 Å². The molecule has 27 heavy (non-hydrogen) atoms. The van der Waals surface area contributed by atoms with Crippen LogP contribution in [0.25, 0.3) is 0 Å². The van der Waals surface area contributed by atoms with Crippen LogP contribution in [0.3, 0.4) is 0 Å². The van der Waals surface area contributed by atoms with Crippen molar-refractivity contribution in [3.63, 3.8) is 0 Å². The van der Waals surface area contributed by atoms with Crippen LogP contribution < -0.4 is 14.9 Å². The van der Waals surface area contributed by atoms with E-state index in [1.807, 2.05) is 30.3 Å². The molecule has 0 atom stereocenters. The molecular formula is C19H15ClN4O3. The summed E-state index contributed by atoms with van der Waals surface area (Å²) in [5, 5.41) is 8.90. The van der Waals surface area contributed by atoms with Gasteiger partial charge in [0.25, 0.3) is 5.91 Å². The second kappa shape index (κ2) is 7.51. The first kappa shape index (κ1) is 17.1. The number of hydrogen-bond donors (Lipinski definition) is 1. The average molecular weight is 383 g/mol. The summed E-state index contributed by atoms with van der Waals surface area (Å²) in [6.45, 7) is 0.760. The first-order valence-electron chi connectivity index (χ1n) is 8.18. The Hall–Kier alpha value is -3.32. The number of carbonyl (C=O) groups is 1. The highest BCUT2D eigenvalue weighted by atomic mass is 35.5. The number of hydrogen-bond acceptors (Lipinski definition) is 5. The first-order valence-corrected chi connectivity index (χ1v) is 8.56. The van der Waals surface area contributed by atoms with Crippen molar-refractivity contribution in [3.8, 4) is 11.5 Å². The lowest BCUT2D eigenvalue weighted by Crippen LogP contribution is -2.18. The van der Waals surface area contributed by atoms with Gasteiger partial charge in [-0.25, -0.2) is 5.43 Å². The number of hydrazone groups is 1. The molecule has 3 aromatic rings. The van der Waals surface area contributed by atoms with Crippen molar-refractivity contribution >= 4 is 23.7 Å². The van der Waals surface area contributed by atoms with Crippen LogP contribution in [0.1, 0.15) is 21.6 Å². The molecule has 0 aliphatic carbocycles. The number of benzene rings is 2. The molecule has 4 rings (SSSR count). The number of ether oxygens (including phenoxy) is 2. The van der Waals surface area contributed by atoms with E-state index in [1.165, 1.54) is 6.21 Å². The molecule has 0 unspecified atom stereocenters. The van der Waals surface area contributed by atoms with Gasteiger partial charge in [-0.2, -0.15) is 10.2 Å². The van der Waals surface area contributed by atoms with Gasteiger partial charge in [-0.05, 0) is 47.5 Å². The topological polar surface area (TPSA) is 77.7 Å². The smallest absolute Gasteiger partial charge is 0.291 e. The van der Waals surface area contributed by atoms with Crippen LogP contribution >= 0.6 is 11.6 Å². The van der Waals surface area contributed by atoms with E-state index in [9.17, 15) is 4.79 Å². The largest absolute Gasteiger partial charge is 0.454 e. The Morgan fingerprint density at radius 1 is 1.19 bits per heavy atom. The summed E-state index contributed by atoms with van der Waals surface area (Å²) in [6, 6.07) is 14.5. The molecule has 2 aromatic carbocycles. The van der Waals surface area contributed by atoms with Gasteiger partial charge in [-0.3, -0.25) is 9.48 Å². The van der Waals surface area contributed by atoms with E-state index < -0.39 is 0 Å². The van der Waals surface area contributed by atoms with Gasteiger partial charge in [0.2, 0.25) is 6.79 Å². The fourth-order valence-corrected chi connectivity index (χ4v) is 2.69. The monoisotopic (exact) mass is 382 g/mol. The van der Waals surface area contributed by atoms with Crippen LogP contribution in [0.15, 0.2) is 59.8 Å². The summed E-state index contributed by atoms with van der Waals surface area (Å²) in [4.78, 5) is 12.2. The maximum absolute atomic E-state index is 12.2. The van der Waals surface area contributed by atoms with Crippen LogP contribution in [-0.4, -0.2) is 28.7 Å². The molecule has 1 aliphatic heterocycles. The molecule has 1 aromatic heterocycles. The summed E-state index contributed by atoms with van der Waals surface area (Å²) in [5.41, 5.74) is 4.57. The minimum Gasteiger partial charge on any atom is -0.454 e. The SMILES string of the molecule is O=C(N/N=C\c1ccc2c(c1)OCO2)c1ccn(Cc2ccc(Cl)cc2)n1. The highest BCUT2D eigenvalue weighted by molar-refractivity contribution is 6.30. The number of aromatic nitrogens is 2. The lowest BCUT2D eigenvalue weighted by atomic mass is 10.2. The van der Waals surface area contributed by atoms with E-state index in [4.69, 9.17) is 21.1 Å². The Morgan fingerprint density at radius 2 is 2.00 bits per heavy atom. The first-order chi connectivity index (χ1) is 13.2. The zero-order valence-corrected chi connectivity index (χ0v) is 14.9. The van der Waals surface area contributed by atoms with Crippen molar-refractivity contribution in [2.75, 3.05) is 6.79 Å². The van der Waals surface area contributed by atoms with Crippen LogP contribution in [0.4, 0.5) is 0 Å². The number of nitrogens with zero attached hydrogens (tertiary/aromatic N) is 3. The van der Waals surface area contributed by atoms with E-state index in [0.29, 0.717) is 23.1 Å². The van der Waals surface area contributed by atoms with Gasteiger partial charge in [0.15, 0.2) is 17.2 Å². The van der Waals surface area contributed by atoms with Gasteiger partial charge < -0.3 is 9.47 Å². The number of carbonyl (C=O) groups excluding carboxylic acids is 1. The summed E-state index contributed by atoms with van der Waals surface area (Å²) < 4.78 is 12.2. The zero-order chi connectivity index (χ0) is 18.6. The standard InChI is InChI=1S/C19H15ClN4O3/c20-15-4-1-13(2-5-15)11-24-8-7-16(23-24)19(25)22-21-10-14-3-6-17-18(9-14)27-12-26-17/h1-10H,11-12H2,(H,22,25)/b21-10-. The van der Waals surface area contributed by atoms with Gasteiger partial charge in [0.05, 0.1) is 12.8 Å².